The number of anilines is 2. The number of hydrogen-bond donors (Lipinski definition) is 2. The molecule has 1 saturated carbocycles. The van der Waals surface area contributed by atoms with Crippen molar-refractivity contribution >= 4 is 28.5 Å². The van der Waals surface area contributed by atoms with E-state index in [1.807, 2.05) is 25.1 Å². The zero-order valence-corrected chi connectivity index (χ0v) is 24.6. The number of nitrogens with zero attached hydrogens (tertiary/aromatic N) is 6. The van der Waals surface area contributed by atoms with Crippen LogP contribution in [-0.2, 0) is 36.3 Å². The van der Waals surface area contributed by atoms with E-state index in [1.165, 1.54) is 11.1 Å². The van der Waals surface area contributed by atoms with E-state index in [0.29, 0.717) is 66.0 Å². The molecule has 2 aliphatic carbocycles. The van der Waals surface area contributed by atoms with Gasteiger partial charge in [-0.2, -0.15) is 4.98 Å². The smallest absolute Gasteiger partial charge is 0.278 e. The molecule has 1 fully saturated rings. The highest BCUT2D eigenvalue weighted by molar-refractivity contribution is 5.79. The number of carbonyl (C=O) groups excluding carboxylic acids is 1. The van der Waals surface area contributed by atoms with E-state index < -0.39 is 5.60 Å². The van der Waals surface area contributed by atoms with Crippen LogP contribution in [0.25, 0.3) is 16.9 Å². The Morgan fingerprint density at radius 2 is 1.88 bits per heavy atom. The molecule has 0 unspecified atom stereocenters. The van der Waals surface area contributed by atoms with Crippen LogP contribution in [-0.4, -0.2) is 52.7 Å². The van der Waals surface area contributed by atoms with Gasteiger partial charge in [-0.05, 0) is 73.4 Å². The number of allylic oxidation sites excluding steroid dienone is 1. The second-order valence-electron chi connectivity index (χ2n) is 12.1. The third-order valence-electron chi connectivity index (χ3n) is 9.53. The fourth-order valence-electron chi connectivity index (χ4n) is 7.00. The molecule has 2 N–H and O–H groups in total. The lowest BCUT2D eigenvalue weighted by molar-refractivity contribution is -0.121. The van der Waals surface area contributed by atoms with E-state index in [1.54, 1.807) is 21.6 Å². The number of benzene rings is 1. The second-order valence-corrected chi connectivity index (χ2v) is 12.1. The maximum Gasteiger partial charge on any atom is 0.278 e. The summed E-state index contributed by atoms with van der Waals surface area (Å²) in [7, 11) is 0. The number of aliphatic hydroxyl groups is 1. The molecule has 0 amide bonds. The van der Waals surface area contributed by atoms with E-state index in [2.05, 4.69) is 33.9 Å². The average molecular weight is 580 g/mol. The van der Waals surface area contributed by atoms with Crippen molar-refractivity contribution in [3.8, 4) is 5.82 Å². The predicted octanol–water partition coefficient (Wildman–Crippen LogP) is 4.32. The molecule has 43 heavy (non-hydrogen) atoms. The Labute approximate surface area is 250 Å². The number of nitrogens with one attached hydrogen (secondary N) is 1. The number of pyridine rings is 1. The van der Waals surface area contributed by atoms with Crippen molar-refractivity contribution in [1.29, 1.82) is 0 Å². The van der Waals surface area contributed by atoms with Gasteiger partial charge >= 0.3 is 0 Å². The first kappa shape index (κ1) is 27.7. The summed E-state index contributed by atoms with van der Waals surface area (Å²) in [6.07, 6.45) is 9.50. The van der Waals surface area contributed by atoms with Gasteiger partial charge in [0.05, 0.1) is 12.2 Å². The molecule has 4 aromatic rings. The molecule has 0 bridgehead atoms. The van der Waals surface area contributed by atoms with Crippen LogP contribution >= 0.6 is 0 Å². The van der Waals surface area contributed by atoms with Crippen molar-refractivity contribution in [2.75, 3.05) is 11.9 Å². The van der Waals surface area contributed by atoms with Gasteiger partial charge in [-0.15, -0.1) is 6.58 Å². The highest BCUT2D eigenvalue weighted by Crippen LogP contribution is 2.38. The Hall–Kier alpha value is -4.15. The Morgan fingerprint density at radius 3 is 2.67 bits per heavy atom. The minimum Gasteiger partial charge on any atom is -0.384 e. The highest BCUT2D eigenvalue weighted by atomic mass is 16.3. The first-order valence-corrected chi connectivity index (χ1v) is 15.3. The van der Waals surface area contributed by atoms with Gasteiger partial charge in [0.25, 0.3) is 5.56 Å². The number of aromatic nitrogens is 5. The lowest BCUT2D eigenvalue weighted by atomic mass is 9.90. The van der Waals surface area contributed by atoms with E-state index in [4.69, 9.17) is 9.97 Å². The van der Waals surface area contributed by atoms with Gasteiger partial charge in [0.2, 0.25) is 5.95 Å². The number of Topliss-reactive ketones (excluding diaryl/α,β-unsaturated/α-hetero) is 1. The lowest BCUT2D eigenvalue weighted by Crippen LogP contribution is -2.41. The molecule has 1 aromatic carbocycles. The zero-order valence-electron chi connectivity index (χ0n) is 24.6. The average Bonchev–Trinajstić information content (AvgIpc) is 3.50. The predicted molar refractivity (Wildman–Crippen MR) is 165 cm³/mol. The van der Waals surface area contributed by atoms with Crippen LogP contribution in [0, 0.1) is 0 Å². The van der Waals surface area contributed by atoms with Crippen molar-refractivity contribution in [2.24, 2.45) is 0 Å². The maximum absolute atomic E-state index is 13.4. The minimum absolute atomic E-state index is 0.227. The summed E-state index contributed by atoms with van der Waals surface area (Å²) >= 11 is 0. The molecule has 222 valence electrons. The first-order valence-electron chi connectivity index (χ1n) is 15.3. The summed E-state index contributed by atoms with van der Waals surface area (Å²) in [6, 6.07) is 10.7. The molecule has 7 rings (SSSR count). The molecular formula is C33H37N7O3. The normalized spacial score (nSPS) is 20.7. The Balaban J connectivity index is 1.20. The van der Waals surface area contributed by atoms with Crippen LogP contribution in [0.4, 0.5) is 11.6 Å². The molecule has 10 nitrogen and oxygen atoms in total. The van der Waals surface area contributed by atoms with Crippen molar-refractivity contribution in [3.63, 3.8) is 0 Å². The van der Waals surface area contributed by atoms with Crippen LogP contribution < -0.4 is 10.9 Å². The quantitative estimate of drug-likeness (QED) is 0.311. The van der Waals surface area contributed by atoms with Gasteiger partial charge in [0.1, 0.15) is 16.8 Å². The summed E-state index contributed by atoms with van der Waals surface area (Å²) in [5.41, 5.74) is 4.44. The molecule has 10 heteroatoms. The molecule has 1 atom stereocenters. The molecule has 3 aliphatic rings. The Morgan fingerprint density at radius 1 is 1.07 bits per heavy atom. The fraction of sp³-hybridized carbons (Fsp3) is 0.424. The summed E-state index contributed by atoms with van der Waals surface area (Å²) in [5.74, 6) is 1.30. The third-order valence-corrected chi connectivity index (χ3v) is 9.53. The molecule has 3 aromatic heterocycles. The van der Waals surface area contributed by atoms with Crippen molar-refractivity contribution in [1.82, 2.24) is 29.2 Å². The van der Waals surface area contributed by atoms with Crippen LogP contribution in [0.3, 0.4) is 0 Å². The van der Waals surface area contributed by atoms with Crippen LogP contribution in [0.2, 0.25) is 0 Å². The van der Waals surface area contributed by atoms with Crippen molar-refractivity contribution < 1.29 is 9.90 Å². The number of fused-ring (bicyclic) bond motifs is 3. The minimum atomic E-state index is -0.974. The van der Waals surface area contributed by atoms with Crippen molar-refractivity contribution in [2.45, 2.75) is 83.0 Å². The Bertz CT molecular complexity index is 1800. The van der Waals surface area contributed by atoms with Gasteiger partial charge in [-0.25, -0.2) is 19.3 Å². The molecule has 1 aliphatic heterocycles. The van der Waals surface area contributed by atoms with Gasteiger partial charge in [-0.3, -0.25) is 14.5 Å². The molecule has 0 spiro atoms. The highest BCUT2D eigenvalue weighted by Gasteiger charge is 2.37. The van der Waals surface area contributed by atoms with E-state index >= 15 is 0 Å². The van der Waals surface area contributed by atoms with Gasteiger partial charge in [-0.1, -0.05) is 25.1 Å². The summed E-state index contributed by atoms with van der Waals surface area (Å²) in [6.45, 7) is 7.97. The van der Waals surface area contributed by atoms with Crippen molar-refractivity contribution in [3.05, 3.63) is 81.9 Å². The van der Waals surface area contributed by atoms with Gasteiger partial charge in [0, 0.05) is 43.9 Å². The molecule has 4 heterocycles. The standard InChI is InChI=1S/C33H37N7O3/c1-3-16-39-31(42)27-19-34-32(37-30(27)40(39)28-12-6-21-13-15-33(43,4-2)29(21)36-28)35-24-7-5-23-20-38(17-14-22(23)18-24)25-8-10-26(41)11-9-25/h3,5-7,12,18-19,25,43H,1,4,8-11,13-17,20H2,2H3,(H,34,35,37)/t33-/m1/s1. The molecule has 0 saturated heterocycles. The largest absolute Gasteiger partial charge is 0.384 e. The van der Waals surface area contributed by atoms with Crippen LogP contribution in [0.1, 0.15) is 67.8 Å². The Kier molecular flexibility index (Phi) is 6.98. The summed E-state index contributed by atoms with van der Waals surface area (Å²) in [4.78, 5) is 41.8. The number of carbonyl (C=O) groups is 1. The third kappa shape index (κ3) is 4.88. The van der Waals surface area contributed by atoms with E-state index in [9.17, 15) is 14.7 Å². The van der Waals surface area contributed by atoms with Crippen LogP contribution in [0.5, 0.6) is 0 Å². The molecule has 0 radical (unpaired) electrons. The monoisotopic (exact) mass is 579 g/mol. The fourth-order valence-corrected chi connectivity index (χ4v) is 7.00. The first-order chi connectivity index (χ1) is 20.9. The van der Waals surface area contributed by atoms with Gasteiger partial charge in [0.15, 0.2) is 11.5 Å². The van der Waals surface area contributed by atoms with E-state index in [0.717, 1.165) is 50.0 Å². The number of hydrogen-bond acceptors (Lipinski definition) is 8. The summed E-state index contributed by atoms with van der Waals surface area (Å²) < 4.78 is 3.26. The lowest BCUT2D eigenvalue weighted by Gasteiger charge is -2.37. The second kappa shape index (κ2) is 10.8. The number of aryl methyl sites for hydroxylation is 1. The zero-order chi connectivity index (χ0) is 29.7. The van der Waals surface area contributed by atoms with Gasteiger partial charge < -0.3 is 10.4 Å². The maximum atomic E-state index is 13.4. The SMILES string of the molecule is C=CCn1c(=O)c2cnc(Nc3ccc4c(c3)CCN(C3CCC(=O)CC3)C4)nc2n1-c1ccc2c(n1)[C@@](O)(CC)CC2. The summed E-state index contributed by atoms with van der Waals surface area (Å²) in [5, 5.41) is 14.9. The van der Waals surface area contributed by atoms with Crippen LogP contribution in [0.15, 0.2) is 54.0 Å². The van der Waals surface area contributed by atoms with E-state index in [-0.39, 0.29) is 12.1 Å². The topological polar surface area (TPSA) is 118 Å². The molecular weight excluding hydrogens is 542 g/mol. The number of ketones is 1. The number of rotatable bonds is 7.